The van der Waals surface area contributed by atoms with Crippen molar-refractivity contribution in [3.05, 3.63) is 35.9 Å². The number of hydrogen-bond acceptors (Lipinski definition) is 3. The number of carbonyl (C=O) groups excluding carboxylic acids is 2. The number of nitrogens with one attached hydrogen (secondary N) is 1. The number of hydrogen-bond donors (Lipinski definition) is 1. The first-order valence-corrected chi connectivity index (χ1v) is 8.55. The van der Waals surface area contributed by atoms with Crippen LogP contribution in [0.25, 0.3) is 0 Å². The van der Waals surface area contributed by atoms with Gasteiger partial charge in [0.2, 0.25) is 11.8 Å². The van der Waals surface area contributed by atoms with Crippen molar-refractivity contribution in [2.75, 3.05) is 39.3 Å². The minimum atomic E-state index is 0.148. The van der Waals surface area contributed by atoms with E-state index in [2.05, 4.69) is 17.4 Å². The van der Waals surface area contributed by atoms with Crippen molar-refractivity contribution in [2.45, 2.75) is 19.3 Å². The molecule has 5 heteroatoms. The molecule has 0 spiro atoms. The van der Waals surface area contributed by atoms with Crippen LogP contribution in [0.2, 0.25) is 0 Å². The van der Waals surface area contributed by atoms with E-state index in [1.165, 1.54) is 5.56 Å². The number of carbonyl (C=O) groups is 2. The van der Waals surface area contributed by atoms with E-state index < -0.39 is 0 Å². The molecule has 0 unspecified atom stereocenters. The highest BCUT2D eigenvalue weighted by atomic mass is 16.2. The summed E-state index contributed by atoms with van der Waals surface area (Å²) < 4.78 is 0. The molecular formula is C18H25N3O2. The topological polar surface area (TPSA) is 52.7 Å². The Labute approximate surface area is 137 Å². The van der Waals surface area contributed by atoms with Gasteiger partial charge in [-0.25, -0.2) is 0 Å². The minimum absolute atomic E-state index is 0.148. The van der Waals surface area contributed by atoms with Gasteiger partial charge in [0, 0.05) is 45.7 Å². The maximum atomic E-state index is 12.4. The van der Waals surface area contributed by atoms with E-state index in [4.69, 9.17) is 0 Å². The van der Waals surface area contributed by atoms with Crippen LogP contribution in [-0.2, 0) is 16.0 Å². The third-order valence-electron chi connectivity index (χ3n) is 4.76. The van der Waals surface area contributed by atoms with Crippen LogP contribution in [0.15, 0.2) is 30.3 Å². The molecule has 0 radical (unpaired) electrons. The highest BCUT2D eigenvalue weighted by Gasteiger charge is 2.30. The lowest BCUT2D eigenvalue weighted by molar-refractivity contribution is -0.137. The number of rotatable bonds is 4. The second-order valence-corrected chi connectivity index (χ2v) is 6.40. The van der Waals surface area contributed by atoms with Gasteiger partial charge in [0.15, 0.2) is 0 Å². The summed E-state index contributed by atoms with van der Waals surface area (Å²) in [5.74, 6) is 0.603. The zero-order valence-corrected chi connectivity index (χ0v) is 13.5. The number of aryl methyl sites for hydroxylation is 1. The van der Waals surface area contributed by atoms with Crippen LogP contribution in [-0.4, -0.2) is 60.9 Å². The fourth-order valence-corrected chi connectivity index (χ4v) is 3.16. The molecule has 2 aliphatic heterocycles. The Hall–Kier alpha value is -1.88. The molecule has 3 rings (SSSR count). The Balaban J connectivity index is 1.47. The van der Waals surface area contributed by atoms with Gasteiger partial charge in [0.1, 0.15) is 0 Å². The molecule has 2 fully saturated rings. The summed E-state index contributed by atoms with van der Waals surface area (Å²) in [5, 5.41) is 3.14. The summed E-state index contributed by atoms with van der Waals surface area (Å²) in [7, 11) is 0. The molecule has 1 aromatic carbocycles. The molecule has 124 valence electrons. The number of amides is 2. The molecule has 1 aromatic rings. The monoisotopic (exact) mass is 315 g/mol. The molecule has 0 aromatic heterocycles. The Bertz CT molecular complexity index is 542. The van der Waals surface area contributed by atoms with Gasteiger partial charge in [0.25, 0.3) is 0 Å². The Morgan fingerprint density at radius 2 is 1.70 bits per heavy atom. The molecule has 2 aliphatic rings. The molecule has 2 amide bonds. The molecule has 5 nitrogen and oxygen atoms in total. The Morgan fingerprint density at radius 3 is 2.39 bits per heavy atom. The maximum Gasteiger partial charge on any atom is 0.228 e. The van der Waals surface area contributed by atoms with Crippen LogP contribution in [0, 0.1) is 5.92 Å². The SMILES string of the molecule is O=C(CCc1ccccc1)N1CCCN(C(=O)C2CNC2)CC1. The fraction of sp³-hybridized carbons (Fsp3) is 0.556. The van der Waals surface area contributed by atoms with Gasteiger partial charge < -0.3 is 15.1 Å². The standard InChI is InChI=1S/C18H25N3O2/c22-17(8-7-15-5-2-1-3-6-15)20-9-4-10-21(12-11-20)18(23)16-13-19-14-16/h1-3,5-6,16,19H,4,7-14H2. The number of benzene rings is 1. The number of nitrogens with zero attached hydrogens (tertiary/aromatic N) is 2. The van der Waals surface area contributed by atoms with E-state index in [1.807, 2.05) is 28.0 Å². The van der Waals surface area contributed by atoms with E-state index in [9.17, 15) is 9.59 Å². The van der Waals surface area contributed by atoms with Gasteiger partial charge in [-0.15, -0.1) is 0 Å². The second-order valence-electron chi connectivity index (χ2n) is 6.40. The third kappa shape index (κ3) is 4.10. The smallest absolute Gasteiger partial charge is 0.228 e. The third-order valence-corrected chi connectivity index (χ3v) is 4.76. The van der Waals surface area contributed by atoms with Gasteiger partial charge in [-0.2, -0.15) is 0 Å². The normalized spacial score (nSPS) is 19.1. The van der Waals surface area contributed by atoms with Crippen LogP contribution in [0.1, 0.15) is 18.4 Å². The summed E-state index contributed by atoms with van der Waals surface area (Å²) in [6.07, 6.45) is 2.21. The van der Waals surface area contributed by atoms with Crippen molar-refractivity contribution < 1.29 is 9.59 Å². The highest BCUT2D eigenvalue weighted by molar-refractivity contribution is 5.80. The average molecular weight is 315 g/mol. The lowest BCUT2D eigenvalue weighted by Crippen LogP contribution is -2.52. The molecular weight excluding hydrogens is 290 g/mol. The second kappa shape index (κ2) is 7.59. The summed E-state index contributed by atoms with van der Waals surface area (Å²) in [6.45, 7) is 4.48. The van der Waals surface area contributed by atoms with Crippen LogP contribution >= 0.6 is 0 Å². The van der Waals surface area contributed by atoms with E-state index in [0.29, 0.717) is 19.5 Å². The van der Waals surface area contributed by atoms with E-state index in [0.717, 1.165) is 39.0 Å². The van der Waals surface area contributed by atoms with Crippen molar-refractivity contribution in [3.63, 3.8) is 0 Å². The zero-order chi connectivity index (χ0) is 16.1. The van der Waals surface area contributed by atoms with Gasteiger partial charge in [-0.3, -0.25) is 9.59 Å². The molecule has 2 heterocycles. The first-order valence-electron chi connectivity index (χ1n) is 8.55. The van der Waals surface area contributed by atoms with Crippen molar-refractivity contribution in [2.24, 2.45) is 5.92 Å². The fourth-order valence-electron chi connectivity index (χ4n) is 3.16. The zero-order valence-electron chi connectivity index (χ0n) is 13.5. The van der Waals surface area contributed by atoms with Crippen molar-refractivity contribution >= 4 is 11.8 Å². The Morgan fingerprint density at radius 1 is 1.00 bits per heavy atom. The van der Waals surface area contributed by atoms with Crippen LogP contribution in [0.5, 0.6) is 0 Å². The van der Waals surface area contributed by atoms with Crippen LogP contribution in [0.3, 0.4) is 0 Å². The van der Waals surface area contributed by atoms with Crippen LogP contribution < -0.4 is 5.32 Å². The maximum absolute atomic E-state index is 12.4. The van der Waals surface area contributed by atoms with E-state index in [1.54, 1.807) is 0 Å². The largest absolute Gasteiger partial charge is 0.341 e. The van der Waals surface area contributed by atoms with Crippen molar-refractivity contribution in [3.8, 4) is 0 Å². The molecule has 0 atom stereocenters. The van der Waals surface area contributed by atoms with Gasteiger partial charge in [-0.1, -0.05) is 30.3 Å². The first-order chi connectivity index (χ1) is 11.2. The predicted molar refractivity (Wildman–Crippen MR) is 88.9 cm³/mol. The molecule has 0 saturated carbocycles. The Kier molecular flexibility index (Phi) is 5.28. The van der Waals surface area contributed by atoms with Crippen LogP contribution in [0.4, 0.5) is 0 Å². The minimum Gasteiger partial charge on any atom is -0.341 e. The molecule has 0 bridgehead atoms. The van der Waals surface area contributed by atoms with Crippen molar-refractivity contribution in [1.82, 2.24) is 15.1 Å². The quantitative estimate of drug-likeness (QED) is 0.898. The first kappa shape index (κ1) is 16.0. The summed E-state index contributed by atoms with van der Waals surface area (Å²) in [4.78, 5) is 28.6. The van der Waals surface area contributed by atoms with Crippen molar-refractivity contribution in [1.29, 1.82) is 0 Å². The molecule has 0 aliphatic carbocycles. The molecule has 2 saturated heterocycles. The lowest BCUT2D eigenvalue weighted by Gasteiger charge is -2.31. The average Bonchev–Trinajstić information content (AvgIpc) is 2.78. The highest BCUT2D eigenvalue weighted by Crippen LogP contribution is 2.13. The van der Waals surface area contributed by atoms with Gasteiger partial charge >= 0.3 is 0 Å². The predicted octanol–water partition coefficient (Wildman–Crippen LogP) is 0.900. The lowest BCUT2D eigenvalue weighted by atomic mass is 10.0. The summed E-state index contributed by atoms with van der Waals surface area (Å²) in [5.41, 5.74) is 1.20. The van der Waals surface area contributed by atoms with E-state index >= 15 is 0 Å². The molecule has 1 N–H and O–H groups in total. The summed E-state index contributed by atoms with van der Waals surface area (Å²) >= 11 is 0. The molecule has 23 heavy (non-hydrogen) atoms. The summed E-state index contributed by atoms with van der Waals surface area (Å²) in [6, 6.07) is 10.1. The van der Waals surface area contributed by atoms with E-state index in [-0.39, 0.29) is 17.7 Å². The van der Waals surface area contributed by atoms with Gasteiger partial charge in [-0.05, 0) is 18.4 Å². The van der Waals surface area contributed by atoms with Gasteiger partial charge in [0.05, 0.1) is 5.92 Å².